The Morgan fingerprint density at radius 2 is 1.98 bits per heavy atom. The fourth-order valence-electron chi connectivity index (χ4n) is 4.91. The highest BCUT2D eigenvalue weighted by atomic mass is 16.7. The highest BCUT2D eigenvalue weighted by molar-refractivity contribution is 5.74. The van der Waals surface area contributed by atoms with Crippen molar-refractivity contribution in [2.24, 2.45) is 12.5 Å². The number of carbonyl (C=O) groups is 2. The van der Waals surface area contributed by atoms with Crippen LogP contribution in [-0.4, -0.2) is 61.5 Å². The normalized spacial score (nSPS) is 20.6. The van der Waals surface area contributed by atoms with Crippen molar-refractivity contribution in [3.8, 4) is 22.9 Å². The van der Waals surface area contributed by atoms with E-state index >= 15 is 0 Å². The van der Waals surface area contributed by atoms with E-state index in [-0.39, 0.29) is 30.1 Å². The van der Waals surface area contributed by atoms with Crippen molar-refractivity contribution >= 4 is 17.8 Å². The zero-order valence-electron chi connectivity index (χ0n) is 22.5. The summed E-state index contributed by atoms with van der Waals surface area (Å²) in [5.41, 5.74) is 1.09. The molecule has 1 saturated heterocycles. The molecular formula is C27H29N5O9. The maximum absolute atomic E-state index is 12.3. The molecule has 1 N–H and O–H groups in total. The number of hydrogen-bond acceptors (Lipinski definition) is 11. The summed E-state index contributed by atoms with van der Waals surface area (Å²) in [6, 6.07) is 8.56. The predicted octanol–water partition coefficient (Wildman–Crippen LogP) is 4.03. The van der Waals surface area contributed by atoms with Gasteiger partial charge in [0, 0.05) is 25.6 Å². The Morgan fingerprint density at radius 1 is 1.22 bits per heavy atom. The van der Waals surface area contributed by atoms with Gasteiger partial charge in [0.15, 0.2) is 0 Å². The molecule has 14 heteroatoms. The molecule has 0 amide bonds. The van der Waals surface area contributed by atoms with Gasteiger partial charge in [-0.1, -0.05) is 5.21 Å². The van der Waals surface area contributed by atoms with Gasteiger partial charge in [-0.05, 0) is 50.5 Å². The first kappa shape index (κ1) is 28.0. The van der Waals surface area contributed by atoms with Gasteiger partial charge in [-0.15, -0.1) is 5.10 Å². The van der Waals surface area contributed by atoms with Crippen LogP contribution in [-0.2, 0) is 27.9 Å². The van der Waals surface area contributed by atoms with Crippen LogP contribution in [0.4, 0.5) is 10.5 Å². The summed E-state index contributed by atoms with van der Waals surface area (Å²) < 4.78 is 23.6. The second-order valence-electron chi connectivity index (χ2n) is 10.4. The summed E-state index contributed by atoms with van der Waals surface area (Å²) in [5, 5.41) is 28.8. The molecule has 41 heavy (non-hydrogen) atoms. The minimum Gasteiger partial charge on any atom is -0.488 e. The van der Waals surface area contributed by atoms with Crippen molar-refractivity contribution in [1.29, 1.82) is 0 Å². The van der Waals surface area contributed by atoms with E-state index in [1.54, 1.807) is 26.1 Å². The third-order valence-corrected chi connectivity index (χ3v) is 7.41. The molecule has 14 nitrogen and oxygen atoms in total. The number of pyridine rings is 1. The summed E-state index contributed by atoms with van der Waals surface area (Å²) in [6.45, 7) is 2.50. The van der Waals surface area contributed by atoms with Crippen molar-refractivity contribution in [2.45, 2.75) is 51.2 Å². The minimum absolute atomic E-state index is 0.00689. The lowest BCUT2D eigenvalue weighted by Crippen LogP contribution is -2.38. The molecule has 216 valence electrons. The largest absolute Gasteiger partial charge is 0.514 e. The first-order valence-corrected chi connectivity index (χ1v) is 13.1. The SMILES string of the molecule is Cn1nnc(-c2ccc(O[C@H]3CCC[C@](C)(C(=O)O)C3)c(C3COC3)n2)c1COC(=O)Oc1ccc([N+](=O)[O-])cc1. The third-order valence-electron chi connectivity index (χ3n) is 7.41. The lowest BCUT2D eigenvalue weighted by molar-refractivity contribution is -0.384. The number of hydrogen-bond donors (Lipinski definition) is 1. The van der Waals surface area contributed by atoms with Crippen LogP contribution in [0.5, 0.6) is 11.5 Å². The molecule has 2 aromatic heterocycles. The number of ether oxygens (including phenoxy) is 4. The highest BCUT2D eigenvalue weighted by Gasteiger charge is 2.40. The number of carboxylic acids is 1. The first-order chi connectivity index (χ1) is 19.6. The standard InChI is InChI=1S/C27H29N5O9/c1-27(25(33)34)11-3-4-19(12-27)40-22-10-9-20(28-23(22)16-13-38-14-16)24-21(31(2)30-29-24)15-39-26(35)41-18-7-5-17(6-8-18)32(36)37/h5-10,16,19H,3-4,11-15H2,1-2H3,(H,33,34)/t19-,27-/m0/s1. The smallest absolute Gasteiger partial charge is 0.488 e. The van der Waals surface area contributed by atoms with Crippen LogP contribution in [0.2, 0.25) is 0 Å². The van der Waals surface area contributed by atoms with E-state index < -0.39 is 22.5 Å². The zero-order chi connectivity index (χ0) is 29.1. The highest BCUT2D eigenvalue weighted by Crippen LogP contribution is 2.40. The fraction of sp³-hybridized carbons (Fsp3) is 0.444. The van der Waals surface area contributed by atoms with Crippen molar-refractivity contribution in [2.75, 3.05) is 13.2 Å². The van der Waals surface area contributed by atoms with Gasteiger partial charge in [0.2, 0.25) is 0 Å². The van der Waals surface area contributed by atoms with Crippen molar-refractivity contribution < 1.29 is 38.6 Å². The maximum Gasteiger partial charge on any atom is 0.514 e. The molecule has 1 aromatic carbocycles. The van der Waals surface area contributed by atoms with E-state index in [2.05, 4.69) is 10.3 Å². The van der Waals surface area contributed by atoms with Crippen molar-refractivity contribution in [1.82, 2.24) is 20.0 Å². The van der Waals surface area contributed by atoms with E-state index in [4.69, 9.17) is 23.9 Å². The van der Waals surface area contributed by atoms with Gasteiger partial charge in [-0.3, -0.25) is 14.9 Å². The molecule has 0 spiro atoms. The Morgan fingerprint density at radius 3 is 2.63 bits per heavy atom. The minimum atomic E-state index is -1.00. The predicted molar refractivity (Wildman–Crippen MR) is 140 cm³/mol. The van der Waals surface area contributed by atoms with Crippen LogP contribution in [0.3, 0.4) is 0 Å². The zero-order valence-corrected chi connectivity index (χ0v) is 22.5. The number of carbonyl (C=O) groups excluding carboxylic acids is 1. The molecule has 3 aromatic rings. The molecule has 0 bridgehead atoms. The fourth-order valence-corrected chi connectivity index (χ4v) is 4.91. The average Bonchev–Trinajstić information content (AvgIpc) is 3.28. The Bertz CT molecular complexity index is 1450. The Balaban J connectivity index is 1.31. The lowest BCUT2D eigenvalue weighted by atomic mass is 9.74. The number of aryl methyl sites for hydroxylation is 1. The van der Waals surface area contributed by atoms with Crippen LogP contribution in [0, 0.1) is 15.5 Å². The number of nitrogens with zero attached hydrogens (tertiary/aromatic N) is 5. The molecule has 3 heterocycles. The molecule has 1 saturated carbocycles. The summed E-state index contributed by atoms with van der Waals surface area (Å²) in [6.07, 6.45) is 1.28. The van der Waals surface area contributed by atoms with Crippen LogP contribution >= 0.6 is 0 Å². The first-order valence-electron chi connectivity index (χ1n) is 13.1. The van der Waals surface area contributed by atoms with Gasteiger partial charge >= 0.3 is 12.1 Å². The third kappa shape index (κ3) is 6.11. The van der Waals surface area contributed by atoms with Gasteiger partial charge in [0.25, 0.3) is 5.69 Å². The number of carboxylic acid groups (broad SMARTS) is 1. The number of nitro benzene ring substituents is 1. The molecule has 0 radical (unpaired) electrons. The number of benzene rings is 1. The Labute approximate surface area is 234 Å². The van der Waals surface area contributed by atoms with Gasteiger partial charge in [-0.2, -0.15) is 0 Å². The molecule has 5 rings (SSSR count). The van der Waals surface area contributed by atoms with Gasteiger partial charge < -0.3 is 24.1 Å². The monoisotopic (exact) mass is 567 g/mol. The molecule has 1 aliphatic carbocycles. The second-order valence-corrected chi connectivity index (χ2v) is 10.4. The molecule has 0 unspecified atom stereocenters. The van der Waals surface area contributed by atoms with Crippen LogP contribution in [0.25, 0.3) is 11.4 Å². The second kappa shape index (κ2) is 11.5. The van der Waals surface area contributed by atoms with Crippen LogP contribution < -0.4 is 9.47 Å². The number of non-ortho nitro benzene ring substituents is 1. The van der Waals surface area contributed by atoms with E-state index in [0.29, 0.717) is 54.6 Å². The van der Waals surface area contributed by atoms with Crippen LogP contribution in [0.1, 0.15) is 49.9 Å². The van der Waals surface area contributed by atoms with Gasteiger partial charge in [-0.25, -0.2) is 14.5 Å². The van der Waals surface area contributed by atoms with Gasteiger partial charge in [0.05, 0.1) is 47.0 Å². The lowest BCUT2D eigenvalue weighted by Gasteiger charge is -2.35. The number of rotatable bonds is 9. The number of aliphatic carboxylic acids is 1. The molecular weight excluding hydrogens is 538 g/mol. The van der Waals surface area contributed by atoms with Crippen molar-refractivity contribution in [3.05, 3.63) is 57.9 Å². The Kier molecular flexibility index (Phi) is 7.83. The molecule has 2 aliphatic rings. The average molecular weight is 568 g/mol. The number of nitro groups is 1. The topological polar surface area (TPSA) is 178 Å². The Hall–Kier alpha value is -4.59. The summed E-state index contributed by atoms with van der Waals surface area (Å²) >= 11 is 0. The summed E-state index contributed by atoms with van der Waals surface area (Å²) in [4.78, 5) is 39.2. The van der Waals surface area contributed by atoms with E-state index in [1.807, 2.05) is 0 Å². The molecule has 1 aliphatic heterocycles. The van der Waals surface area contributed by atoms with E-state index in [1.165, 1.54) is 28.9 Å². The van der Waals surface area contributed by atoms with Crippen molar-refractivity contribution in [3.63, 3.8) is 0 Å². The quantitative estimate of drug-likeness (QED) is 0.170. The van der Waals surface area contributed by atoms with Gasteiger partial charge in [0.1, 0.15) is 29.5 Å². The van der Waals surface area contributed by atoms with Crippen LogP contribution in [0.15, 0.2) is 36.4 Å². The maximum atomic E-state index is 12.3. The molecule has 2 fully saturated rings. The molecule has 2 atom stereocenters. The summed E-state index contributed by atoms with van der Waals surface area (Å²) in [5.74, 6) is -0.140. The summed E-state index contributed by atoms with van der Waals surface area (Å²) in [7, 11) is 1.65. The van der Waals surface area contributed by atoms with E-state index in [9.17, 15) is 24.8 Å². The number of aromatic nitrogens is 4. The van der Waals surface area contributed by atoms with E-state index in [0.717, 1.165) is 12.8 Å².